The van der Waals surface area contributed by atoms with E-state index in [4.69, 9.17) is 26.1 Å². The van der Waals surface area contributed by atoms with E-state index in [9.17, 15) is 5.11 Å². The van der Waals surface area contributed by atoms with Gasteiger partial charge in [0.15, 0.2) is 5.65 Å². The smallest absolute Gasteiger partial charge is 0.203 e. The third-order valence-electron chi connectivity index (χ3n) is 6.04. The fraction of sp³-hybridized carbons (Fsp3) is 0.250. The summed E-state index contributed by atoms with van der Waals surface area (Å²) in [6.45, 7) is 0.730. The van der Waals surface area contributed by atoms with Gasteiger partial charge < -0.3 is 24.9 Å². The molecule has 2 aliphatic rings. The lowest BCUT2D eigenvalue weighted by molar-refractivity contribution is 0.0184. The molecule has 0 aliphatic carbocycles. The average Bonchev–Trinajstić information content (AvgIpc) is 3.51. The number of aliphatic hydroxyl groups is 1. The van der Waals surface area contributed by atoms with Gasteiger partial charge in [-0.2, -0.15) is 4.98 Å². The van der Waals surface area contributed by atoms with E-state index in [0.717, 1.165) is 22.2 Å². The Labute approximate surface area is 189 Å². The molecule has 4 aromatic rings. The molecule has 4 heterocycles. The van der Waals surface area contributed by atoms with Gasteiger partial charge in [-0.25, -0.2) is 4.98 Å². The molecule has 0 bridgehead atoms. The van der Waals surface area contributed by atoms with Crippen LogP contribution in [-0.4, -0.2) is 57.6 Å². The molecule has 2 aromatic heterocycles. The molecule has 3 N–H and O–H groups in total. The number of rotatable bonds is 4. The number of nitrogens with one attached hydrogen (secondary N) is 2. The maximum absolute atomic E-state index is 9.92. The lowest BCUT2D eigenvalue weighted by atomic mass is 10.0. The van der Waals surface area contributed by atoms with Crippen molar-refractivity contribution < 1.29 is 14.6 Å². The van der Waals surface area contributed by atoms with E-state index in [1.54, 1.807) is 0 Å². The van der Waals surface area contributed by atoms with Gasteiger partial charge in [0.25, 0.3) is 0 Å². The number of benzene rings is 2. The van der Waals surface area contributed by atoms with E-state index in [2.05, 4.69) is 39.6 Å². The Morgan fingerprint density at radius 3 is 2.44 bits per heavy atom. The molecule has 162 valence electrons. The van der Waals surface area contributed by atoms with Crippen LogP contribution in [0.2, 0.25) is 5.02 Å². The highest BCUT2D eigenvalue weighted by atomic mass is 35.5. The highest BCUT2D eigenvalue weighted by Gasteiger charge is 2.47. The van der Waals surface area contributed by atoms with Crippen molar-refractivity contribution in [2.75, 3.05) is 18.5 Å². The van der Waals surface area contributed by atoms with Gasteiger partial charge in [-0.1, -0.05) is 66.2 Å². The minimum absolute atomic E-state index is 0.0989. The number of aromatic amines is 1. The number of hydrogen-bond donors (Lipinski definition) is 3. The van der Waals surface area contributed by atoms with Crippen molar-refractivity contribution in [3.05, 3.63) is 65.7 Å². The van der Waals surface area contributed by atoms with Crippen LogP contribution < -0.4 is 5.32 Å². The molecule has 0 amide bonds. The Hall–Kier alpha value is -2.97. The summed E-state index contributed by atoms with van der Waals surface area (Å²) in [5.74, 6) is 0.569. The quantitative estimate of drug-likeness (QED) is 0.438. The van der Waals surface area contributed by atoms with Gasteiger partial charge in [-0.05, 0) is 17.2 Å². The second-order valence-corrected chi connectivity index (χ2v) is 8.54. The molecule has 7 nitrogen and oxygen atoms in total. The fourth-order valence-corrected chi connectivity index (χ4v) is 4.68. The van der Waals surface area contributed by atoms with E-state index in [-0.39, 0.29) is 24.9 Å². The molecule has 8 heteroatoms. The van der Waals surface area contributed by atoms with E-state index in [1.807, 2.05) is 36.4 Å². The Morgan fingerprint density at radius 2 is 1.62 bits per heavy atom. The van der Waals surface area contributed by atoms with Crippen LogP contribution >= 0.6 is 11.6 Å². The number of pyridine rings is 1. The summed E-state index contributed by atoms with van der Waals surface area (Å²) in [5.41, 5.74) is 5.22. The van der Waals surface area contributed by atoms with Crippen LogP contribution in [0, 0.1) is 0 Å². The van der Waals surface area contributed by atoms with Gasteiger partial charge in [-0.3, -0.25) is 0 Å². The zero-order valence-electron chi connectivity index (χ0n) is 17.0. The molecular weight excluding hydrogens is 428 g/mol. The second-order valence-electron chi connectivity index (χ2n) is 8.13. The number of ether oxygens (including phenoxy) is 2. The average molecular weight is 449 g/mol. The van der Waals surface area contributed by atoms with Crippen molar-refractivity contribution in [2.45, 2.75) is 24.4 Å². The molecule has 2 saturated heterocycles. The summed E-state index contributed by atoms with van der Waals surface area (Å²) >= 11 is 6.56. The van der Waals surface area contributed by atoms with Gasteiger partial charge in [0, 0.05) is 5.56 Å². The number of H-pyrrole nitrogens is 1. The largest absolute Gasteiger partial charge is 0.388 e. The number of fused-ring (bicyclic) bond motifs is 2. The summed E-state index contributed by atoms with van der Waals surface area (Å²) < 4.78 is 11.3. The second kappa shape index (κ2) is 7.86. The molecule has 0 saturated carbocycles. The van der Waals surface area contributed by atoms with Crippen LogP contribution in [0.3, 0.4) is 0 Å². The first-order chi connectivity index (χ1) is 15.7. The maximum Gasteiger partial charge on any atom is 0.203 e. The third-order valence-corrected chi connectivity index (χ3v) is 6.33. The van der Waals surface area contributed by atoms with Crippen LogP contribution in [0.4, 0.5) is 5.95 Å². The van der Waals surface area contributed by atoms with Gasteiger partial charge in [-0.15, -0.1) is 0 Å². The van der Waals surface area contributed by atoms with Crippen LogP contribution in [0.25, 0.3) is 33.5 Å². The molecule has 4 atom stereocenters. The first-order valence-electron chi connectivity index (χ1n) is 10.6. The Balaban J connectivity index is 1.26. The van der Waals surface area contributed by atoms with E-state index in [0.29, 0.717) is 28.9 Å². The minimum atomic E-state index is -0.584. The van der Waals surface area contributed by atoms with Crippen LogP contribution in [-0.2, 0) is 9.47 Å². The van der Waals surface area contributed by atoms with Crippen LogP contribution in [0.5, 0.6) is 0 Å². The number of nitrogens with zero attached hydrogens (tertiary/aromatic N) is 2. The third kappa shape index (κ3) is 3.43. The molecular formula is C24H21ClN4O3. The van der Waals surface area contributed by atoms with Crippen molar-refractivity contribution in [3.8, 4) is 22.4 Å². The van der Waals surface area contributed by atoms with E-state index < -0.39 is 6.10 Å². The monoisotopic (exact) mass is 448 g/mol. The number of aliphatic hydroxyl groups excluding tert-OH is 1. The summed E-state index contributed by atoms with van der Waals surface area (Å²) in [4.78, 5) is 12.5. The van der Waals surface area contributed by atoms with Crippen molar-refractivity contribution in [3.63, 3.8) is 0 Å². The molecule has 6 rings (SSSR count). The standard InChI is InChI=1S/C24H21ClN4O3/c25-16-10-17-23(29-24(26-17)27-18-11-31-22-19(30)12-32-21(18)22)28-20(16)15-8-6-14(7-9-15)13-4-2-1-3-5-13/h1-10,18-19,21-22,30H,11-12H2,(H2,26,27,28,29)/t18-,19?,21-,22-/m1/s1. The summed E-state index contributed by atoms with van der Waals surface area (Å²) in [6, 6.07) is 20.1. The predicted octanol–water partition coefficient (Wildman–Crippen LogP) is 3.88. The number of imidazole rings is 1. The number of anilines is 1. The normalized spacial score (nSPS) is 24.7. The summed E-state index contributed by atoms with van der Waals surface area (Å²) in [6.07, 6.45) is -1.08. The molecule has 0 radical (unpaired) electrons. The lowest BCUT2D eigenvalue weighted by Crippen LogP contribution is -2.36. The highest BCUT2D eigenvalue weighted by Crippen LogP contribution is 2.32. The zero-order chi connectivity index (χ0) is 21.7. The van der Waals surface area contributed by atoms with Gasteiger partial charge in [0.2, 0.25) is 5.95 Å². The number of hydrogen-bond acceptors (Lipinski definition) is 6. The Kier molecular flexibility index (Phi) is 4.84. The van der Waals surface area contributed by atoms with Crippen molar-refractivity contribution in [1.82, 2.24) is 15.0 Å². The molecule has 32 heavy (non-hydrogen) atoms. The van der Waals surface area contributed by atoms with E-state index >= 15 is 0 Å². The van der Waals surface area contributed by atoms with Crippen molar-refractivity contribution in [1.29, 1.82) is 0 Å². The molecule has 2 aliphatic heterocycles. The van der Waals surface area contributed by atoms with Gasteiger partial charge >= 0.3 is 0 Å². The predicted molar refractivity (Wildman–Crippen MR) is 123 cm³/mol. The first-order valence-corrected chi connectivity index (χ1v) is 10.9. The topological polar surface area (TPSA) is 92.3 Å². The molecule has 0 spiro atoms. The highest BCUT2D eigenvalue weighted by molar-refractivity contribution is 6.33. The molecule has 2 fully saturated rings. The summed E-state index contributed by atoms with van der Waals surface area (Å²) in [7, 11) is 0. The van der Waals surface area contributed by atoms with Gasteiger partial charge in [0.1, 0.15) is 18.3 Å². The number of aromatic nitrogens is 3. The van der Waals surface area contributed by atoms with Crippen molar-refractivity contribution in [2.24, 2.45) is 0 Å². The lowest BCUT2D eigenvalue weighted by Gasteiger charge is -2.16. The molecule has 1 unspecified atom stereocenters. The van der Waals surface area contributed by atoms with Crippen LogP contribution in [0.15, 0.2) is 60.7 Å². The van der Waals surface area contributed by atoms with Gasteiger partial charge in [0.05, 0.1) is 35.5 Å². The Bertz CT molecular complexity index is 1260. The SMILES string of the molecule is OC1CO[C@H]2[C@@H]1OC[C@H]2Nc1nc2nc(-c3ccc(-c4ccccc4)cc3)c(Cl)cc2[nH]1. The molecule has 2 aromatic carbocycles. The maximum atomic E-state index is 9.92. The zero-order valence-corrected chi connectivity index (χ0v) is 17.8. The van der Waals surface area contributed by atoms with Crippen LogP contribution in [0.1, 0.15) is 0 Å². The number of halogens is 1. The minimum Gasteiger partial charge on any atom is -0.388 e. The first kappa shape index (κ1) is 19.7. The summed E-state index contributed by atoms with van der Waals surface area (Å²) in [5, 5.41) is 13.8. The van der Waals surface area contributed by atoms with E-state index in [1.165, 1.54) is 0 Å². The fourth-order valence-electron chi connectivity index (χ4n) is 4.42. The Morgan fingerprint density at radius 1 is 0.906 bits per heavy atom. The van der Waals surface area contributed by atoms with Crippen molar-refractivity contribution >= 4 is 28.7 Å².